The molecule has 0 spiro atoms. The highest BCUT2D eigenvalue weighted by molar-refractivity contribution is 5.93. The second-order valence-corrected chi connectivity index (χ2v) is 4.43. The van der Waals surface area contributed by atoms with Crippen LogP contribution >= 0.6 is 0 Å². The summed E-state index contributed by atoms with van der Waals surface area (Å²) >= 11 is 0. The van der Waals surface area contributed by atoms with E-state index in [4.69, 9.17) is 0 Å². The van der Waals surface area contributed by atoms with Crippen LogP contribution in [0.5, 0.6) is 0 Å². The molecular weight excluding hydrogens is 232 g/mol. The first-order valence-electron chi connectivity index (χ1n) is 6.17. The monoisotopic (exact) mass is 250 g/mol. The van der Waals surface area contributed by atoms with Gasteiger partial charge in [-0.2, -0.15) is 5.10 Å². The molecule has 2 amide bonds. The van der Waals surface area contributed by atoms with Crippen LogP contribution in [0.2, 0.25) is 0 Å². The van der Waals surface area contributed by atoms with E-state index in [1.165, 1.54) is 0 Å². The van der Waals surface area contributed by atoms with E-state index in [9.17, 15) is 9.59 Å². The Kier molecular flexibility index (Phi) is 3.64. The smallest absolute Gasteiger partial charge is 0.257 e. The SMILES string of the molecule is CCC(=O)N1CCN(C(=O)c2cnn(C)c2)CC1. The van der Waals surface area contributed by atoms with Crippen LogP contribution < -0.4 is 0 Å². The number of amides is 2. The molecule has 1 saturated heterocycles. The van der Waals surface area contributed by atoms with Crippen LogP contribution in [0.15, 0.2) is 12.4 Å². The summed E-state index contributed by atoms with van der Waals surface area (Å²) in [5, 5.41) is 3.99. The lowest BCUT2D eigenvalue weighted by Gasteiger charge is -2.34. The zero-order valence-corrected chi connectivity index (χ0v) is 10.8. The van der Waals surface area contributed by atoms with E-state index in [0.29, 0.717) is 38.2 Å². The summed E-state index contributed by atoms with van der Waals surface area (Å²) in [4.78, 5) is 27.2. The number of hydrogen-bond donors (Lipinski definition) is 0. The van der Waals surface area contributed by atoms with Gasteiger partial charge >= 0.3 is 0 Å². The molecule has 6 heteroatoms. The molecule has 18 heavy (non-hydrogen) atoms. The number of aryl methyl sites for hydroxylation is 1. The average molecular weight is 250 g/mol. The number of nitrogens with zero attached hydrogens (tertiary/aromatic N) is 4. The lowest BCUT2D eigenvalue weighted by atomic mass is 10.2. The lowest BCUT2D eigenvalue weighted by Crippen LogP contribution is -2.50. The zero-order chi connectivity index (χ0) is 13.1. The minimum atomic E-state index is -0.00769. The third kappa shape index (κ3) is 2.52. The molecule has 1 aliphatic rings. The molecule has 6 nitrogen and oxygen atoms in total. The highest BCUT2D eigenvalue weighted by Crippen LogP contribution is 2.08. The van der Waals surface area contributed by atoms with Gasteiger partial charge in [-0.3, -0.25) is 14.3 Å². The molecule has 0 radical (unpaired) electrons. The van der Waals surface area contributed by atoms with Gasteiger partial charge in [-0.1, -0.05) is 6.92 Å². The fourth-order valence-electron chi connectivity index (χ4n) is 2.10. The van der Waals surface area contributed by atoms with Gasteiger partial charge in [0, 0.05) is 45.8 Å². The molecule has 98 valence electrons. The second-order valence-electron chi connectivity index (χ2n) is 4.43. The standard InChI is InChI=1S/C12H18N4O2/c1-3-11(17)15-4-6-16(7-5-15)12(18)10-8-13-14(2)9-10/h8-9H,3-7H2,1-2H3. The Bertz CT molecular complexity index is 447. The van der Waals surface area contributed by atoms with Gasteiger partial charge in [0.25, 0.3) is 5.91 Å². The molecule has 1 aromatic rings. The van der Waals surface area contributed by atoms with Crippen molar-refractivity contribution >= 4 is 11.8 Å². The Morgan fingerprint density at radius 2 is 1.83 bits per heavy atom. The van der Waals surface area contributed by atoms with E-state index in [2.05, 4.69) is 5.10 Å². The molecule has 1 aromatic heterocycles. The molecule has 0 N–H and O–H groups in total. The van der Waals surface area contributed by atoms with Crippen LogP contribution in [0.4, 0.5) is 0 Å². The van der Waals surface area contributed by atoms with Gasteiger partial charge in [-0.05, 0) is 0 Å². The van der Waals surface area contributed by atoms with Gasteiger partial charge in [-0.15, -0.1) is 0 Å². The third-order valence-electron chi connectivity index (χ3n) is 3.17. The van der Waals surface area contributed by atoms with Gasteiger partial charge in [0.1, 0.15) is 0 Å². The van der Waals surface area contributed by atoms with Gasteiger partial charge in [-0.25, -0.2) is 0 Å². The van der Waals surface area contributed by atoms with E-state index < -0.39 is 0 Å². The van der Waals surface area contributed by atoms with E-state index in [1.807, 2.05) is 11.8 Å². The first-order valence-corrected chi connectivity index (χ1v) is 6.17. The third-order valence-corrected chi connectivity index (χ3v) is 3.17. The Balaban J connectivity index is 1.94. The van der Waals surface area contributed by atoms with Crippen molar-refractivity contribution in [2.45, 2.75) is 13.3 Å². The van der Waals surface area contributed by atoms with Gasteiger partial charge < -0.3 is 9.80 Å². The van der Waals surface area contributed by atoms with Crippen molar-refractivity contribution in [1.29, 1.82) is 0 Å². The Labute approximate surface area is 106 Å². The minimum Gasteiger partial charge on any atom is -0.339 e. The summed E-state index contributed by atoms with van der Waals surface area (Å²) in [6.07, 6.45) is 3.81. The number of hydrogen-bond acceptors (Lipinski definition) is 3. The van der Waals surface area contributed by atoms with Crippen molar-refractivity contribution in [3.05, 3.63) is 18.0 Å². The fraction of sp³-hybridized carbons (Fsp3) is 0.583. The molecule has 0 aromatic carbocycles. The maximum Gasteiger partial charge on any atom is 0.257 e. The van der Waals surface area contributed by atoms with Crippen LogP contribution in [-0.4, -0.2) is 57.6 Å². The average Bonchev–Trinajstić information content (AvgIpc) is 2.84. The normalized spacial score (nSPS) is 15.9. The number of rotatable bonds is 2. The molecule has 2 heterocycles. The maximum absolute atomic E-state index is 12.1. The van der Waals surface area contributed by atoms with Crippen molar-refractivity contribution in [1.82, 2.24) is 19.6 Å². The molecule has 0 atom stereocenters. The topological polar surface area (TPSA) is 58.4 Å². The van der Waals surface area contributed by atoms with Crippen molar-refractivity contribution in [3.63, 3.8) is 0 Å². The Morgan fingerprint density at radius 1 is 1.22 bits per heavy atom. The zero-order valence-electron chi connectivity index (χ0n) is 10.8. The summed E-state index contributed by atoms with van der Waals surface area (Å²) < 4.78 is 1.62. The van der Waals surface area contributed by atoms with Gasteiger partial charge in [0.15, 0.2) is 0 Å². The summed E-state index contributed by atoms with van der Waals surface area (Å²) in [7, 11) is 1.79. The van der Waals surface area contributed by atoms with Crippen LogP contribution in [0, 0.1) is 0 Å². The minimum absolute atomic E-state index is 0.00769. The predicted octanol–water partition coefficient (Wildman–Crippen LogP) is 0.114. The first-order chi connectivity index (χ1) is 8.61. The summed E-state index contributed by atoms with van der Waals surface area (Å²) in [5.74, 6) is 0.148. The number of carbonyl (C=O) groups is 2. The van der Waals surface area contributed by atoms with Crippen molar-refractivity contribution in [2.75, 3.05) is 26.2 Å². The second kappa shape index (κ2) is 5.20. The molecule has 1 fully saturated rings. The van der Waals surface area contributed by atoms with E-state index >= 15 is 0 Å². The van der Waals surface area contributed by atoms with Crippen LogP contribution in [-0.2, 0) is 11.8 Å². The largest absolute Gasteiger partial charge is 0.339 e. The number of aromatic nitrogens is 2. The van der Waals surface area contributed by atoms with Crippen LogP contribution in [0.3, 0.4) is 0 Å². The van der Waals surface area contributed by atoms with E-state index in [0.717, 1.165) is 0 Å². The highest BCUT2D eigenvalue weighted by atomic mass is 16.2. The summed E-state index contributed by atoms with van der Waals surface area (Å²) in [5.41, 5.74) is 0.604. The summed E-state index contributed by atoms with van der Waals surface area (Å²) in [6, 6.07) is 0. The van der Waals surface area contributed by atoms with Gasteiger partial charge in [0.2, 0.25) is 5.91 Å². The maximum atomic E-state index is 12.1. The number of piperazine rings is 1. The molecule has 0 unspecified atom stereocenters. The van der Waals surface area contributed by atoms with E-state index in [-0.39, 0.29) is 11.8 Å². The fourth-order valence-corrected chi connectivity index (χ4v) is 2.10. The van der Waals surface area contributed by atoms with Crippen molar-refractivity contribution in [3.8, 4) is 0 Å². The molecule has 2 rings (SSSR count). The van der Waals surface area contributed by atoms with Gasteiger partial charge in [0.05, 0.1) is 11.8 Å². The van der Waals surface area contributed by atoms with E-state index in [1.54, 1.807) is 29.0 Å². The van der Waals surface area contributed by atoms with Crippen molar-refractivity contribution < 1.29 is 9.59 Å². The molecule has 1 aliphatic heterocycles. The molecule has 0 aliphatic carbocycles. The quantitative estimate of drug-likeness (QED) is 0.749. The molecule has 0 saturated carbocycles. The number of carbonyl (C=O) groups excluding carboxylic acids is 2. The molecule has 0 bridgehead atoms. The Hall–Kier alpha value is -1.85. The Morgan fingerprint density at radius 3 is 2.33 bits per heavy atom. The van der Waals surface area contributed by atoms with Crippen LogP contribution in [0.1, 0.15) is 23.7 Å². The summed E-state index contributed by atoms with van der Waals surface area (Å²) in [6.45, 7) is 4.30. The predicted molar refractivity (Wildman–Crippen MR) is 66.0 cm³/mol. The lowest BCUT2D eigenvalue weighted by molar-refractivity contribution is -0.132. The van der Waals surface area contributed by atoms with Crippen LogP contribution in [0.25, 0.3) is 0 Å². The highest BCUT2D eigenvalue weighted by Gasteiger charge is 2.24. The van der Waals surface area contributed by atoms with Crippen molar-refractivity contribution in [2.24, 2.45) is 7.05 Å². The molecular formula is C12H18N4O2. The first kappa shape index (κ1) is 12.6.